The monoisotopic (exact) mass is 576 g/mol. The molecule has 0 N–H and O–H groups in total. The van der Waals surface area contributed by atoms with E-state index in [0.29, 0.717) is 17.9 Å². The average Bonchev–Trinajstić information content (AvgIpc) is 3.00. The zero-order valence-corrected chi connectivity index (χ0v) is 25.3. The molecule has 42 heavy (non-hydrogen) atoms. The van der Waals surface area contributed by atoms with Gasteiger partial charge >= 0.3 is 11.9 Å². The number of unbranched alkanes of at least 4 members (excludes halogenated alkanes) is 9. The normalized spacial score (nSPS) is 11.6. The first kappa shape index (κ1) is 32.8. The number of carbonyl (C=O) groups excluding carboxylic acids is 2. The van der Waals surface area contributed by atoms with Gasteiger partial charge in [-0.3, -0.25) is 0 Å². The molecule has 0 fully saturated rings. The predicted molar refractivity (Wildman–Crippen MR) is 166 cm³/mol. The molecular formula is C36H45FO5. The van der Waals surface area contributed by atoms with E-state index in [2.05, 4.69) is 6.92 Å². The van der Waals surface area contributed by atoms with E-state index in [1.165, 1.54) is 63.5 Å². The molecule has 0 aromatic heterocycles. The Labute approximate surface area is 250 Å². The Balaban J connectivity index is 1.42. The predicted octanol–water partition coefficient (Wildman–Crippen LogP) is 9.97. The zero-order valence-electron chi connectivity index (χ0n) is 25.3. The smallest absolute Gasteiger partial charge is 0.343 e. The van der Waals surface area contributed by atoms with Gasteiger partial charge < -0.3 is 14.2 Å². The molecule has 1 atom stereocenters. The molecule has 6 heteroatoms. The van der Waals surface area contributed by atoms with Crippen LogP contribution in [0.4, 0.5) is 4.39 Å². The van der Waals surface area contributed by atoms with Crippen molar-refractivity contribution in [3.05, 3.63) is 83.7 Å². The maximum atomic E-state index is 14.6. The van der Waals surface area contributed by atoms with E-state index >= 15 is 0 Å². The first-order chi connectivity index (χ1) is 20.4. The fourth-order valence-corrected chi connectivity index (χ4v) is 4.53. The van der Waals surface area contributed by atoms with Crippen molar-refractivity contribution in [3.63, 3.8) is 0 Å². The molecule has 3 rings (SSSR count). The summed E-state index contributed by atoms with van der Waals surface area (Å²) >= 11 is 0. The standard InChI is InChI=1S/C36H45FO5/c1-4-6-7-8-9-10-11-12-13-14-25-40-34-24-21-31(26-33(34)37)36(39)42-32-22-19-29(20-23-32)28-15-17-30(18-16-28)35(38)41-27(3)5-2/h15-24,26-27H,4-14,25H2,1-3H3. The molecule has 0 radical (unpaired) electrons. The molecule has 0 aliphatic heterocycles. The summed E-state index contributed by atoms with van der Waals surface area (Å²) in [5.74, 6) is -1.08. The second kappa shape index (κ2) is 18.0. The van der Waals surface area contributed by atoms with Gasteiger partial charge in [-0.05, 0) is 73.4 Å². The topological polar surface area (TPSA) is 61.8 Å². The fraction of sp³-hybridized carbons (Fsp3) is 0.444. The largest absolute Gasteiger partial charge is 0.491 e. The Morgan fingerprint density at radius 1 is 0.690 bits per heavy atom. The van der Waals surface area contributed by atoms with Gasteiger partial charge in [-0.1, -0.05) is 95.9 Å². The Kier molecular flexibility index (Phi) is 14.1. The second-order valence-electron chi connectivity index (χ2n) is 10.8. The van der Waals surface area contributed by atoms with Crippen LogP contribution in [0.25, 0.3) is 11.1 Å². The van der Waals surface area contributed by atoms with Crippen LogP contribution in [0.15, 0.2) is 66.7 Å². The third-order valence-corrected chi connectivity index (χ3v) is 7.32. The summed E-state index contributed by atoms with van der Waals surface area (Å²) in [5.41, 5.74) is 2.41. The second-order valence-corrected chi connectivity index (χ2v) is 10.8. The zero-order chi connectivity index (χ0) is 30.2. The van der Waals surface area contributed by atoms with Crippen molar-refractivity contribution in [2.45, 2.75) is 97.5 Å². The van der Waals surface area contributed by atoms with Crippen LogP contribution in [0.1, 0.15) is 112 Å². The molecule has 1 unspecified atom stereocenters. The van der Waals surface area contributed by atoms with Crippen LogP contribution in [0.3, 0.4) is 0 Å². The summed E-state index contributed by atoms with van der Waals surface area (Å²) in [6.45, 7) is 6.51. The van der Waals surface area contributed by atoms with E-state index in [-0.39, 0.29) is 23.4 Å². The number of ether oxygens (including phenoxy) is 3. The lowest BCUT2D eigenvalue weighted by Crippen LogP contribution is -2.13. The molecule has 226 valence electrons. The molecule has 0 heterocycles. The quantitative estimate of drug-likeness (QED) is 0.0857. The van der Waals surface area contributed by atoms with Gasteiger partial charge in [0.05, 0.1) is 23.8 Å². The van der Waals surface area contributed by atoms with Crippen LogP contribution < -0.4 is 9.47 Å². The maximum Gasteiger partial charge on any atom is 0.343 e. The minimum Gasteiger partial charge on any atom is -0.491 e. The van der Waals surface area contributed by atoms with Gasteiger partial charge in [-0.2, -0.15) is 0 Å². The van der Waals surface area contributed by atoms with Gasteiger partial charge in [0.15, 0.2) is 11.6 Å². The minimum atomic E-state index is -0.646. The van der Waals surface area contributed by atoms with Crippen molar-refractivity contribution in [2.24, 2.45) is 0 Å². The molecule has 3 aromatic rings. The SMILES string of the molecule is CCCCCCCCCCCCOc1ccc(C(=O)Oc2ccc(-c3ccc(C(=O)OC(C)CC)cc3)cc2)cc1F. The highest BCUT2D eigenvalue weighted by molar-refractivity contribution is 5.91. The van der Waals surface area contributed by atoms with Crippen molar-refractivity contribution >= 4 is 11.9 Å². The summed E-state index contributed by atoms with van der Waals surface area (Å²) in [6.07, 6.45) is 12.9. The summed E-state index contributed by atoms with van der Waals surface area (Å²) in [7, 11) is 0. The van der Waals surface area contributed by atoms with Crippen LogP contribution in [0.2, 0.25) is 0 Å². The molecule has 0 bridgehead atoms. The van der Waals surface area contributed by atoms with Crippen molar-refractivity contribution < 1.29 is 28.2 Å². The van der Waals surface area contributed by atoms with E-state index in [9.17, 15) is 14.0 Å². The molecule has 0 saturated carbocycles. The third-order valence-electron chi connectivity index (χ3n) is 7.32. The number of hydrogen-bond donors (Lipinski definition) is 0. The molecule has 3 aromatic carbocycles. The number of esters is 2. The van der Waals surface area contributed by atoms with Gasteiger partial charge in [0.25, 0.3) is 0 Å². The lowest BCUT2D eigenvalue weighted by molar-refractivity contribution is 0.0334. The number of rotatable bonds is 18. The summed E-state index contributed by atoms with van der Waals surface area (Å²) in [4.78, 5) is 24.8. The van der Waals surface area contributed by atoms with Gasteiger partial charge in [0.2, 0.25) is 0 Å². The van der Waals surface area contributed by atoms with Crippen molar-refractivity contribution in [2.75, 3.05) is 6.61 Å². The van der Waals surface area contributed by atoms with Gasteiger partial charge in [-0.15, -0.1) is 0 Å². The van der Waals surface area contributed by atoms with Crippen molar-refractivity contribution in [1.82, 2.24) is 0 Å². The Bertz CT molecular complexity index is 1240. The first-order valence-corrected chi connectivity index (χ1v) is 15.5. The van der Waals surface area contributed by atoms with Crippen LogP contribution in [-0.2, 0) is 4.74 Å². The van der Waals surface area contributed by atoms with Crippen LogP contribution in [0, 0.1) is 5.82 Å². The van der Waals surface area contributed by atoms with Crippen LogP contribution >= 0.6 is 0 Å². The molecular weight excluding hydrogens is 531 g/mol. The Morgan fingerprint density at radius 3 is 1.81 bits per heavy atom. The Hall–Kier alpha value is -3.67. The highest BCUT2D eigenvalue weighted by Crippen LogP contribution is 2.25. The highest BCUT2D eigenvalue weighted by atomic mass is 19.1. The van der Waals surface area contributed by atoms with E-state index < -0.39 is 11.8 Å². The van der Waals surface area contributed by atoms with E-state index in [1.54, 1.807) is 24.3 Å². The number of carbonyl (C=O) groups is 2. The van der Waals surface area contributed by atoms with Gasteiger partial charge in [0.1, 0.15) is 5.75 Å². The maximum absolute atomic E-state index is 14.6. The number of halogens is 1. The molecule has 0 spiro atoms. The van der Waals surface area contributed by atoms with Gasteiger partial charge in [0, 0.05) is 0 Å². The third kappa shape index (κ3) is 11.0. The van der Waals surface area contributed by atoms with E-state index in [0.717, 1.165) is 36.5 Å². The van der Waals surface area contributed by atoms with Crippen LogP contribution in [0.5, 0.6) is 11.5 Å². The minimum absolute atomic E-state index is 0.114. The average molecular weight is 577 g/mol. The molecule has 0 amide bonds. The summed E-state index contributed by atoms with van der Waals surface area (Å²) < 4.78 is 31.0. The molecule has 0 aliphatic rings. The molecule has 0 saturated heterocycles. The number of benzene rings is 3. The summed E-state index contributed by atoms with van der Waals surface area (Å²) in [5, 5.41) is 0. The van der Waals surface area contributed by atoms with Crippen molar-refractivity contribution in [3.8, 4) is 22.6 Å². The van der Waals surface area contributed by atoms with Crippen molar-refractivity contribution in [1.29, 1.82) is 0 Å². The van der Waals surface area contributed by atoms with Gasteiger partial charge in [-0.25, -0.2) is 14.0 Å². The summed E-state index contributed by atoms with van der Waals surface area (Å²) in [6, 6.07) is 18.3. The number of hydrogen-bond acceptors (Lipinski definition) is 5. The lowest BCUT2D eigenvalue weighted by atomic mass is 10.0. The Morgan fingerprint density at radius 2 is 1.24 bits per heavy atom. The molecule has 5 nitrogen and oxygen atoms in total. The van der Waals surface area contributed by atoms with Crippen LogP contribution in [-0.4, -0.2) is 24.6 Å². The van der Waals surface area contributed by atoms with E-state index in [1.807, 2.05) is 38.1 Å². The highest BCUT2D eigenvalue weighted by Gasteiger charge is 2.14. The lowest BCUT2D eigenvalue weighted by Gasteiger charge is -2.11. The molecule has 0 aliphatic carbocycles. The van der Waals surface area contributed by atoms with E-state index in [4.69, 9.17) is 14.2 Å². The fourth-order valence-electron chi connectivity index (χ4n) is 4.53. The first-order valence-electron chi connectivity index (χ1n) is 15.5.